The maximum absolute atomic E-state index is 13.1. The summed E-state index contributed by atoms with van der Waals surface area (Å²) in [6.45, 7) is 5.18. The third-order valence-corrected chi connectivity index (χ3v) is 9.21. The number of carbonyl (C=O) groups is 2. The average Bonchev–Trinajstić information content (AvgIpc) is 3.48. The molecule has 0 unspecified atom stereocenters. The van der Waals surface area contributed by atoms with Crippen LogP contribution in [0.1, 0.15) is 114 Å². The van der Waals surface area contributed by atoms with Crippen LogP contribution in [0, 0.1) is 12.8 Å². The number of aromatic nitrogens is 1. The second-order valence-corrected chi connectivity index (χ2v) is 11.7. The number of amides is 1. The van der Waals surface area contributed by atoms with Crippen molar-refractivity contribution < 1.29 is 9.59 Å². The lowest BCUT2D eigenvalue weighted by Crippen LogP contribution is -2.38. The van der Waals surface area contributed by atoms with Crippen molar-refractivity contribution in [2.45, 2.75) is 89.8 Å². The summed E-state index contributed by atoms with van der Waals surface area (Å²) in [6, 6.07) is 17.5. The van der Waals surface area contributed by atoms with Gasteiger partial charge in [0.15, 0.2) is 5.78 Å². The Morgan fingerprint density at radius 1 is 0.947 bits per heavy atom. The van der Waals surface area contributed by atoms with E-state index in [1.807, 2.05) is 37.3 Å². The van der Waals surface area contributed by atoms with E-state index in [-0.39, 0.29) is 17.7 Å². The number of hydrogen-bond acceptors (Lipinski definition) is 4. The highest BCUT2D eigenvalue weighted by atomic mass is 16.1. The minimum atomic E-state index is 0.0212. The number of nitrogens with zero attached hydrogens (tertiary/aromatic N) is 2. The van der Waals surface area contributed by atoms with Gasteiger partial charge in [0.25, 0.3) is 5.91 Å². The molecule has 2 atom stereocenters. The molecule has 1 saturated heterocycles. The van der Waals surface area contributed by atoms with Gasteiger partial charge in [-0.15, -0.1) is 0 Å². The van der Waals surface area contributed by atoms with Gasteiger partial charge in [-0.2, -0.15) is 0 Å². The molecule has 1 saturated carbocycles. The van der Waals surface area contributed by atoms with Crippen LogP contribution >= 0.6 is 0 Å². The summed E-state index contributed by atoms with van der Waals surface area (Å²) in [5.74, 6) is 1.02. The zero-order valence-corrected chi connectivity index (χ0v) is 22.7. The zero-order valence-electron chi connectivity index (χ0n) is 22.7. The maximum atomic E-state index is 13.1. The molecule has 198 valence electrons. The van der Waals surface area contributed by atoms with Crippen LogP contribution in [-0.4, -0.2) is 34.2 Å². The first-order valence-electron chi connectivity index (χ1n) is 14.6. The predicted octanol–water partition coefficient (Wildman–Crippen LogP) is 7.10. The van der Waals surface area contributed by atoms with E-state index in [1.165, 1.54) is 43.2 Å². The second kappa shape index (κ2) is 10.6. The molecule has 2 fully saturated rings. The van der Waals surface area contributed by atoms with Crippen LogP contribution < -0.4 is 5.32 Å². The van der Waals surface area contributed by atoms with E-state index in [0.717, 1.165) is 59.4 Å². The summed E-state index contributed by atoms with van der Waals surface area (Å²) in [5.41, 5.74) is 6.33. The Hall–Kier alpha value is -3.05. The number of nitrogens with one attached hydrogen (secondary N) is 1. The minimum absolute atomic E-state index is 0.0212. The minimum Gasteiger partial charge on any atom is -0.349 e. The smallest absolute Gasteiger partial charge is 0.252 e. The molecule has 1 aromatic heterocycles. The number of aryl methyl sites for hydroxylation is 1. The van der Waals surface area contributed by atoms with Crippen molar-refractivity contribution in [1.82, 2.24) is 15.2 Å². The molecule has 3 aliphatic rings. The van der Waals surface area contributed by atoms with E-state index < -0.39 is 0 Å². The molecule has 1 N–H and O–H groups in total. The van der Waals surface area contributed by atoms with Gasteiger partial charge < -0.3 is 5.32 Å². The summed E-state index contributed by atoms with van der Waals surface area (Å²) in [6.07, 6.45) is 9.66. The number of pyridine rings is 1. The monoisotopic (exact) mass is 509 g/mol. The largest absolute Gasteiger partial charge is 0.349 e. The summed E-state index contributed by atoms with van der Waals surface area (Å²) < 4.78 is 0. The molecule has 5 nitrogen and oxygen atoms in total. The first-order valence-corrected chi connectivity index (χ1v) is 14.6. The molecule has 38 heavy (non-hydrogen) atoms. The fourth-order valence-corrected chi connectivity index (χ4v) is 7.20. The Labute approximate surface area is 226 Å². The van der Waals surface area contributed by atoms with Crippen molar-refractivity contribution in [3.05, 3.63) is 76.5 Å². The highest BCUT2D eigenvalue weighted by Gasteiger charge is 2.43. The summed E-state index contributed by atoms with van der Waals surface area (Å²) in [7, 11) is 0. The van der Waals surface area contributed by atoms with Gasteiger partial charge in [0.2, 0.25) is 0 Å². The van der Waals surface area contributed by atoms with Crippen LogP contribution in [0.5, 0.6) is 0 Å². The van der Waals surface area contributed by atoms with Gasteiger partial charge in [-0.05, 0) is 106 Å². The van der Waals surface area contributed by atoms with Crippen LogP contribution in [0.25, 0.3) is 10.9 Å². The molecular weight excluding hydrogens is 470 g/mol. The molecule has 6 rings (SSSR count). The fourth-order valence-electron chi connectivity index (χ4n) is 7.20. The lowest BCUT2D eigenvalue weighted by atomic mass is 9.84. The van der Waals surface area contributed by atoms with Crippen molar-refractivity contribution in [2.24, 2.45) is 5.92 Å². The first kappa shape index (κ1) is 25.2. The fraction of sp³-hybridized carbons (Fsp3) is 0.485. The van der Waals surface area contributed by atoms with Gasteiger partial charge in [-0.3, -0.25) is 19.5 Å². The van der Waals surface area contributed by atoms with E-state index in [2.05, 4.69) is 40.3 Å². The molecule has 3 aromatic rings. The van der Waals surface area contributed by atoms with Crippen molar-refractivity contribution in [3.8, 4) is 0 Å². The number of carbonyl (C=O) groups excluding carboxylic acids is 2. The van der Waals surface area contributed by atoms with Crippen molar-refractivity contribution in [1.29, 1.82) is 0 Å². The van der Waals surface area contributed by atoms with Crippen LogP contribution in [0.4, 0.5) is 0 Å². The molecule has 3 heterocycles. The number of hydrogen-bond donors (Lipinski definition) is 1. The summed E-state index contributed by atoms with van der Waals surface area (Å²) in [4.78, 5) is 32.9. The highest BCUT2D eigenvalue weighted by Crippen LogP contribution is 2.53. The second-order valence-electron chi connectivity index (χ2n) is 11.7. The van der Waals surface area contributed by atoms with Crippen molar-refractivity contribution in [3.63, 3.8) is 0 Å². The van der Waals surface area contributed by atoms with Crippen LogP contribution in [0.3, 0.4) is 0 Å². The van der Waals surface area contributed by atoms with E-state index >= 15 is 0 Å². The van der Waals surface area contributed by atoms with Crippen molar-refractivity contribution in [2.75, 3.05) is 6.54 Å². The highest BCUT2D eigenvalue weighted by molar-refractivity contribution is 6.06. The molecule has 0 spiro atoms. The van der Waals surface area contributed by atoms with Crippen LogP contribution in [0.15, 0.2) is 48.5 Å². The standard InChI is InChI=1S/C33H39N3O2/c1-3-5-32(37)23-11-15-26-28(20-23)31-17-16-30(26)36(31)19-18-22-9-12-24(13-10-22)35-33(38)27-6-4-7-29-25(27)14-8-21(2)34-29/h4,6-8,11,14-15,20,22,24,30-31H,3,5,9-10,12-13,16-19H2,1-2H3,(H,35,38)/t22-,24-,30-,31+/m0/s1. The van der Waals surface area contributed by atoms with Gasteiger partial charge in [0.05, 0.1) is 5.52 Å². The third kappa shape index (κ3) is 4.77. The Bertz CT molecular complexity index is 1360. The molecule has 1 aliphatic carbocycles. The zero-order chi connectivity index (χ0) is 26.2. The third-order valence-electron chi connectivity index (χ3n) is 9.21. The molecular formula is C33H39N3O2. The van der Waals surface area contributed by atoms with Gasteiger partial charge in [0.1, 0.15) is 0 Å². The summed E-state index contributed by atoms with van der Waals surface area (Å²) >= 11 is 0. The number of Topliss-reactive ketones (excluding diaryl/α,β-unsaturated/α-hetero) is 1. The van der Waals surface area contributed by atoms with E-state index in [1.54, 1.807) is 0 Å². The molecule has 5 heteroatoms. The van der Waals surface area contributed by atoms with Gasteiger partial charge >= 0.3 is 0 Å². The first-order chi connectivity index (χ1) is 18.5. The Morgan fingerprint density at radius 2 is 1.74 bits per heavy atom. The van der Waals surface area contributed by atoms with Crippen LogP contribution in [0.2, 0.25) is 0 Å². The molecule has 2 aliphatic heterocycles. The van der Waals surface area contributed by atoms with Crippen molar-refractivity contribution >= 4 is 22.6 Å². The average molecular weight is 510 g/mol. The number of fused-ring (bicyclic) bond motifs is 6. The maximum Gasteiger partial charge on any atom is 0.252 e. The van der Waals surface area contributed by atoms with Gasteiger partial charge in [-0.1, -0.05) is 31.2 Å². The predicted molar refractivity (Wildman–Crippen MR) is 151 cm³/mol. The Balaban J connectivity index is 1.02. The van der Waals surface area contributed by atoms with Gasteiger partial charge in [-0.25, -0.2) is 0 Å². The SMILES string of the molecule is CCCC(=O)c1ccc2c(c1)[C@H]1CC[C@@H]2N1CC[C@H]1CC[C@H](NC(=O)c2cccc3nc(C)ccc23)CC1. The molecule has 2 bridgehead atoms. The lowest BCUT2D eigenvalue weighted by Gasteiger charge is -2.31. The number of ketones is 1. The topological polar surface area (TPSA) is 62.3 Å². The number of rotatable bonds is 8. The number of benzene rings is 2. The molecule has 0 radical (unpaired) electrons. The Morgan fingerprint density at radius 3 is 2.53 bits per heavy atom. The Kier molecular flexibility index (Phi) is 7.05. The van der Waals surface area contributed by atoms with E-state index in [0.29, 0.717) is 18.5 Å². The van der Waals surface area contributed by atoms with E-state index in [4.69, 9.17) is 0 Å². The molecule has 1 amide bonds. The normalized spacial score (nSPS) is 24.5. The van der Waals surface area contributed by atoms with Crippen LogP contribution in [-0.2, 0) is 0 Å². The van der Waals surface area contributed by atoms with Gasteiger partial charge in [0, 0.05) is 46.8 Å². The quantitative estimate of drug-likeness (QED) is 0.329. The lowest BCUT2D eigenvalue weighted by molar-refractivity contribution is 0.0919. The summed E-state index contributed by atoms with van der Waals surface area (Å²) in [5, 5.41) is 4.24. The van der Waals surface area contributed by atoms with E-state index in [9.17, 15) is 9.59 Å². The molecule has 2 aromatic carbocycles.